The zero-order valence-electron chi connectivity index (χ0n) is 12.8. The van der Waals surface area contributed by atoms with Gasteiger partial charge in [0.2, 0.25) is 5.78 Å². The summed E-state index contributed by atoms with van der Waals surface area (Å²) in [6.45, 7) is 7.49. The average molecular weight is 286 g/mol. The number of carbonyl (C=O) groups is 1. The predicted molar refractivity (Wildman–Crippen MR) is 81.6 cm³/mol. The van der Waals surface area contributed by atoms with Gasteiger partial charge in [0.25, 0.3) is 0 Å². The SMILES string of the molecule is Cc1cc(C)c(C(=O)COc2cc(C)ccc2F)c(C)c1. The van der Waals surface area contributed by atoms with Gasteiger partial charge in [-0.15, -0.1) is 0 Å². The lowest BCUT2D eigenvalue weighted by Crippen LogP contribution is -2.15. The molecule has 0 unspecified atom stereocenters. The van der Waals surface area contributed by atoms with Crippen LogP contribution in [0.3, 0.4) is 0 Å². The summed E-state index contributed by atoms with van der Waals surface area (Å²) in [5, 5.41) is 0. The summed E-state index contributed by atoms with van der Waals surface area (Å²) in [5.74, 6) is -0.470. The molecule has 0 aliphatic rings. The highest BCUT2D eigenvalue weighted by atomic mass is 19.1. The fourth-order valence-electron chi connectivity index (χ4n) is 2.56. The van der Waals surface area contributed by atoms with Gasteiger partial charge >= 0.3 is 0 Å². The first kappa shape index (κ1) is 15.2. The summed E-state index contributed by atoms with van der Waals surface area (Å²) < 4.78 is 18.9. The Hall–Kier alpha value is -2.16. The number of aryl methyl sites for hydroxylation is 4. The minimum Gasteiger partial charge on any atom is -0.482 e. The van der Waals surface area contributed by atoms with Crippen molar-refractivity contribution >= 4 is 5.78 Å². The molecule has 0 fully saturated rings. The molecule has 0 spiro atoms. The zero-order chi connectivity index (χ0) is 15.6. The molecule has 0 saturated carbocycles. The van der Waals surface area contributed by atoms with Crippen molar-refractivity contribution in [2.24, 2.45) is 0 Å². The Kier molecular flexibility index (Phi) is 4.41. The van der Waals surface area contributed by atoms with Gasteiger partial charge in [0.15, 0.2) is 18.2 Å². The summed E-state index contributed by atoms with van der Waals surface area (Å²) in [7, 11) is 0. The van der Waals surface area contributed by atoms with Crippen LogP contribution in [-0.2, 0) is 0 Å². The third-order valence-electron chi connectivity index (χ3n) is 3.40. The number of halogens is 1. The Labute approximate surface area is 124 Å². The molecule has 2 rings (SSSR count). The smallest absolute Gasteiger partial charge is 0.200 e. The quantitative estimate of drug-likeness (QED) is 0.782. The van der Waals surface area contributed by atoms with Crippen molar-refractivity contribution in [3.63, 3.8) is 0 Å². The standard InChI is InChI=1S/C18H19FO2/c1-11-5-6-15(19)17(9-11)21-10-16(20)18-13(3)7-12(2)8-14(18)4/h5-9H,10H2,1-4H3. The van der Waals surface area contributed by atoms with Gasteiger partial charge in [0.05, 0.1) is 0 Å². The normalized spacial score (nSPS) is 10.5. The van der Waals surface area contributed by atoms with Crippen molar-refractivity contribution in [1.82, 2.24) is 0 Å². The molecular weight excluding hydrogens is 267 g/mol. The molecule has 0 N–H and O–H groups in total. The maximum Gasteiger partial charge on any atom is 0.200 e. The number of rotatable bonds is 4. The Morgan fingerprint density at radius 2 is 1.62 bits per heavy atom. The molecule has 0 aromatic heterocycles. The Morgan fingerprint density at radius 3 is 2.24 bits per heavy atom. The van der Waals surface area contributed by atoms with E-state index in [-0.39, 0.29) is 18.1 Å². The van der Waals surface area contributed by atoms with Crippen LogP contribution in [-0.4, -0.2) is 12.4 Å². The van der Waals surface area contributed by atoms with E-state index in [1.165, 1.54) is 6.07 Å². The molecule has 0 bridgehead atoms. The third-order valence-corrected chi connectivity index (χ3v) is 3.40. The maximum atomic E-state index is 13.6. The van der Waals surface area contributed by atoms with E-state index >= 15 is 0 Å². The molecule has 0 saturated heterocycles. The van der Waals surface area contributed by atoms with Gasteiger partial charge in [-0.2, -0.15) is 0 Å². The highest BCUT2D eigenvalue weighted by Crippen LogP contribution is 2.20. The van der Waals surface area contributed by atoms with E-state index in [0.717, 1.165) is 22.3 Å². The van der Waals surface area contributed by atoms with E-state index in [4.69, 9.17) is 4.74 Å². The molecule has 2 aromatic carbocycles. The highest BCUT2D eigenvalue weighted by Gasteiger charge is 2.14. The lowest BCUT2D eigenvalue weighted by molar-refractivity contribution is 0.0917. The van der Waals surface area contributed by atoms with Gasteiger partial charge in [-0.1, -0.05) is 23.8 Å². The Bertz CT molecular complexity index is 667. The van der Waals surface area contributed by atoms with Crippen molar-refractivity contribution in [2.75, 3.05) is 6.61 Å². The third kappa shape index (κ3) is 3.48. The molecule has 2 aromatic rings. The number of ether oxygens (including phenoxy) is 1. The van der Waals surface area contributed by atoms with Crippen LogP contribution in [0, 0.1) is 33.5 Å². The second-order valence-corrected chi connectivity index (χ2v) is 5.42. The molecule has 2 nitrogen and oxygen atoms in total. The van der Waals surface area contributed by atoms with Gasteiger partial charge in [-0.05, 0) is 56.5 Å². The fourth-order valence-corrected chi connectivity index (χ4v) is 2.56. The van der Waals surface area contributed by atoms with Gasteiger partial charge in [0.1, 0.15) is 0 Å². The van der Waals surface area contributed by atoms with Crippen LogP contribution >= 0.6 is 0 Å². The van der Waals surface area contributed by atoms with Gasteiger partial charge < -0.3 is 4.74 Å². The maximum absolute atomic E-state index is 13.6. The number of hydrogen-bond donors (Lipinski definition) is 0. The van der Waals surface area contributed by atoms with E-state index in [9.17, 15) is 9.18 Å². The number of carbonyl (C=O) groups excluding carboxylic acids is 1. The van der Waals surface area contributed by atoms with Crippen molar-refractivity contribution < 1.29 is 13.9 Å². The molecule has 0 heterocycles. The number of benzene rings is 2. The summed E-state index contributed by atoms with van der Waals surface area (Å²) in [4.78, 5) is 12.3. The predicted octanol–water partition coefficient (Wildman–Crippen LogP) is 4.32. The summed E-state index contributed by atoms with van der Waals surface area (Å²) >= 11 is 0. The molecular formula is C18H19FO2. The number of ketones is 1. The van der Waals surface area contributed by atoms with Crippen molar-refractivity contribution in [2.45, 2.75) is 27.7 Å². The lowest BCUT2D eigenvalue weighted by atomic mass is 9.97. The van der Waals surface area contributed by atoms with E-state index in [1.807, 2.05) is 39.8 Å². The number of hydrogen-bond acceptors (Lipinski definition) is 2. The van der Waals surface area contributed by atoms with Gasteiger partial charge in [-0.3, -0.25) is 4.79 Å². The first-order valence-corrected chi connectivity index (χ1v) is 6.88. The van der Waals surface area contributed by atoms with Crippen LogP contribution in [0.1, 0.15) is 32.6 Å². The lowest BCUT2D eigenvalue weighted by Gasteiger charge is -2.12. The van der Waals surface area contributed by atoms with Crippen LogP contribution in [0.5, 0.6) is 5.75 Å². The van der Waals surface area contributed by atoms with Crippen LogP contribution in [0.2, 0.25) is 0 Å². The molecule has 110 valence electrons. The van der Waals surface area contributed by atoms with Crippen LogP contribution in [0.25, 0.3) is 0 Å². The molecule has 3 heteroatoms. The van der Waals surface area contributed by atoms with Crippen LogP contribution < -0.4 is 4.74 Å². The topological polar surface area (TPSA) is 26.3 Å². The first-order chi connectivity index (χ1) is 9.88. The second kappa shape index (κ2) is 6.08. The zero-order valence-corrected chi connectivity index (χ0v) is 12.8. The Morgan fingerprint density at radius 1 is 1.00 bits per heavy atom. The minimum absolute atomic E-state index is 0.116. The van der Waals surface area contributed by atoms with Crippen molar-refractivity contribution in [1.29, 1.82) is 0 Å². The molecule has 21 heavy (non-hydrogen) atoms. The minimum atomic E-state index is -0.453. The summed E-state index contributed by atoms with van der Waals surface area (Å²) in [6, 6.07) is 8.54. The van der Waals surface area contributed by atoms with Crippen molar-refractivity contribution in [3.8, 4) is 5.75 Å². The van der Waals surface area contributed by atoms with Crippen molar-refractivity contribution in [3.05, 3.63) is 64.0 Å². The first-order valence-electron chi connectivity index (χ1n) is 6.88. The second-order valence-electron chi connectivity index (χ2n) is 5.42. The van der Waals surface area contributed by atoms with Gasteiger partial charge in [-0.25, -0.2) is 4.39 Å². The number of Topliss-reactive ketones (excluding diaryl/α,β-unsaturated/α-hetero) is 1. The van der Waals surface area contributed by atoms with Gasteiger partial charge in [0, 0.05) is 5.56 Å². The largest absolute Gasteiger partial charge is 0.482 e. The monoisotopic (exact) mass is 286 g/mol. The van der Waals surface area contributed by atoms with E-state index < -0.39 is 5.82 Å². The molecule has 0 aliphatic heterocycles. The van der Waals surface area contributed by atoms with Crippen LogP contribution in [0.15, 0.2) is 30.3 Å². The average Bonchev–Trinajstić information content (AvgIpc) is 2.38. The molecule has 0 radical (unpaired) electrons. The van der Waals surface area contributed by atoms with E-state index in [1.54, 1.807) is 12.1 Å². The molecule has 0 aliphatic carbocycles. The Balaban J connectivity index is 2.18. The summed E-state index contributed by atoms with van der Waals surface area (Å²) in [5.41, 5.74) is 4.51. The molecule has 0 amide bonds. The van der Waals surface area contributed by atoms with Crippen LogP contribution in [0.4, 0.5) is 4.39 Å². The van der Waals surface area contributed by atoms with E-state index in [0.29, 0.717) is 5.56 Å². The fraction of sp³-hybridized carbons (Fsp3) is 0.278. The summed E-state index contributed by atoms with van der Waals surface area (Å²) in [6.07, 6.45) is 0. The highest BCUT2D eigenvalue weighted by molar-refractivity contribution is 6.00. The van der Waals surface area contributed by atoms with E-state index in [2.05, 4.69) is 0 Å². The molecule has 0 atom stereocenters.